The molecule has 0 bridgehead atoms. The Labute approximate surface area is 131 Å². The molecular weight excluding hydrogens is 293 g/mol. The lowest BCUT2D eigenvalue weighted by molar-refractivity contribution is -0.0817. The van der Waals surface area contributed by atoms with Gasteiger partial charge in [-0.3, -0.25) is 0 Å². The van der Waals surface area contributed by atoms with Crippen LogP contribution in [0.3, 0.4) is 0 Å². The molecule has 1 fully saturated rings. The van der Waals surface area contributed by atoms with Crippen molar-refractivity contribution in [2.45, 2.75) is 57.1 Å². The van der Waals surface area contributed by atoms with Crippen molar-refractivity contribution in [2.24, 2.45) is 5.73 Å². The largest absolute Gasteiger partial charge is 0.374 e. The van der Waals surface area contributed by atoms with E-state index in [1.807, 2.05) is 25.1 Å². The number of hydrogen-bond donors (Lipinski definition) is 1. The molecule has 1 unspecified atom stereocenters. The molecule has 0 spiro atoms. The standard InChI is InChI=1S/C16H23Cl2NO/c1-2-20-16(8-4-3-5-9-16)15(19)11-12-6-7-13(17)14(18)10-12/h6-7,10,15H,2-5,8-9,11,19H2,1H3. The molecule has 0 amide bonds. The normalized spacial score (nSPS) is 19.8. The maximum absolute atomic E-state index is 6.49. The van der Waals surface area contributed by atoms with Crippen LogP contribution in [0.15, 0.2) is 18.2 Å². The van der Waals surface area contributed by atoms with Gasteiger partial charge in [0.05, 0.1) is 15.6 Å². The van der Waals surface area contributed by atoms with Gasteiger partial charge in [0, 0.05) is 12.6 Å². The van der Waals surface area contributed by atoms with Crippen LogP contribution in [0.4, 0.5) is 0 Å². The fraction of sp³-hybridized carbons (Fsp3) is 0.625. The SMILES string of the molecule is CCOC1(C(N)Cc2ccc(Cl)c(Cl)c2)CCCCC1. The Kier molecular flexibility index (Phi) is 5.74. The molecule has 0 aliphatic heterocycles. The average Bonchev–Trinajstić information content (AvgIpc) is 2.44. The Morgan fingerprint density at radius 3 is 2.50 bits per heavy atom. The summed E-state index contributed by atoms with van der Waals surface area (Å²) in [6, 6.07) is 5.74. The Morgan fingerprint density at radius 2 is 1.90 bits per heavy atom. The molecular formula is C16H23Cl2NO. The summed E-state index contributed by atoms with van der Waals surface area (Å²) < 4.78 is 6.07. The molecule has 1 atom stereocenters. The van der Waals surface area contributed by atoms with Crippen molar-refractivity contribution in [2.75, 3.05) is 6.61 Å². The topological polar surface area (TPSA) is 35.2 Å². The van der Waals surface area contributed by atoms with Gasteiger partial charge in [-0.2, -0.15) is 0 Å². The van der Waals surface area contributed by atoms with E-state index in [4.69, 9.17) is 33.7 Å². The molecule has 2 rings (SSSR count). The molecule has 20 heavy (non-hydrogen) atoms. The van der Waals surface area contributed by atoms with Crippen LogP contribution in [0.25, 0.3) is 0 Å². The summed E-state index contributed by atoms with van der Waals surface area (Å²) in [5.74, 6) is 0. The van der Waals surface area contributed by atoms with Crippen LogP contribution in [-0.2, 0) is 11.2 Å². The molecule has 2 nitrogen and oxygen atoms in total. The summed E-state index contributed by atoms with van der Waals surface area (Å²) in [6.07, 6.45) is 6.59. The Hall–Kier alpha value is -0.280. The lowest BCUT2D eigenvalue weighted by atomic mass is 9.77. The van der Waals surface area contributed by atoms with E-state index in [1.165, 1.54) is 19.3 Å². The van der Waals surface area contributed by atoms with Gasteiger partial charge >= 0.3 is 0 Å². The lowest BCUT2D eigenvalue weighted by Crippen LogP contribution is -2.52. The van der Waals surface area contributed by atoms with Gasteiger partial charge in [0.15, 0.2) is 0 Å². The number of ether oxygens (including phenoxy) is 1. The number of hydrogen-bond acceptors (Lipinski definition) is 2. The van der Waals surface area contributed by atoms with E-state index in [2.05, 4.69) is 0 Å². The van der Waals surface area contributed by atoms with Gasteiger partial charge in [0.25, 0.3) is 0 Å². The average molecular weight is 316 g/mol. The van der Waals surface area contributed by atoms with Gasteiger partial charge in [-0.25, -0.2) is 0 Å². The summed E-state index contributed by atoms with van der Waals surface area (Å²) in [5, 5.41) is 1.17. The first kappa shape index (κ1) is 16.1. The van der Waals surface area contributed by atoms with Crippen LogP contribution in [0, 0.1) is 0 Å². The molecule has 1 aliphatic rings. The summed E-state index contributed by atoms with van der Waals surface area (Å²) in [4.78, 5) is 0. The molecule has 0 radical (unpaired) electrons. The molecule has 1 aromatic rings. The van der Waals surface area contributed by atoms with Gasteiger partial charge in [-0.1, -0.05) is 48.5 Å². The van der Waals surface area contributed by atoms with Crippen molar-refractivity contribution in [3.05, 3.63) is 33.8 Å². The summed E-state index contributed by atoms with van der Waals surface area (Å²) >= 11 is 12.0. The predicted molar refractivity (Wildman–Crippen MR) is 85.6 cm³/mol. The molecule has 112 valence electrons. The zero-order chi connectivity index (χ0) is 14.6. The molecule has 0 saturated heterocycles. The minimum atomic E-state index is -0.168. The predicted octanol–water partition coefficient (Wildman–Crippen LogP) is 4.60. The monoisotopic (exact) mass is 315 g/mol. The van der Waals surface area contributed by atoms with Crippen molar-refractivity contribution in [3.63, 3.8) is 0 Å². The zero-order valence-corrected chi connectivity index (χ0v) is 13.5. The Bertz CT molecular complexity index is 439. The number of nitrogens with two attached hydrogens (primary N) is 1. The fourth-order valence-corrected chi connectivity index (χ4v) is 3.49. The van der Waals surface area contributed by atoms with E-state index in [0.29, 0.717) is 10.0 Å². The third kappa shape index (κ3) is 3.67. The van der Waals surface area contributed by atoms with E-state index in [9.17, 15) is 0 Å². The zero-order valence-electron chi connectivity index (χ0n) is 12.0. The quantitative estimate of drug-likeness (QED) is 0.861. The van der Waals surface area contributed by atoms with E-state index >= 15 is 0 Å². The van der Waals surface area contributed by atoms with Crippen LogP contribution in [0.2, 0.25) is 10.0 Å². The highest BCUT2D eigenvalue weighted by Gasteiger charge is 2.38. The minimum Gasteiger partial charge on any atom is -0.374 e. The first-order valence-corrected chi connectivity index (χ1v) is 8.16. The summed E-state index contributed by atoms with van der Waals surface area (Å²) in [6.45, 7) is 2.76. The minimum absolute atomic E-state index is 0.00000724. The van der Waals surface area contributed by atoms with E-state index in [-0.39, 0.29) is 11.6 Å². The fourth-order valence-electron chi connectivity index (χ4n) is 3.17. The van der Waals surface area contributed by atoms with Crippen molar-refractivity contribution < 1.29 is 4.74 Å². The maximum Gasteiger partial charge on any atom is 0.0835 e. The Balaban J connectivity index is 2.11. The number of halogens is 2. The van der Waals surface area contributed by atoms with Gasteiger partial charge in [0.2, 0.25) is 0 Å². The maximum atomic E-state index is 6.49. The molecule has 1 aromatic carbocycles. The van der Waals surface area contributed by atoms with Crippen molar-refractivity contribution in [1.82, 2.24) is 0 Å². The van der Waals surface area contributed by atoms with Gasteiger partial charge in [0.1, 0.15) is 0 Å². The van der Waals surface area contributed by atoms with Crippen molar-refractivity contribution >= 4 is 23.2 Å². The first-order valence-electron chi connectivity index (χ1n) is 7.41. The summed E-state index contributed by atoms with van der Waals surface area (Å²) in [7, 11) is 0. The highest BCUT2D eigenvalue weighted by Crippen LogP contribution is 2.35. The van der Waals surface area contributed by atoms with E-state index in [0.717, 1.165) is 31.4 Å². The highest BCUT2D eigenvalue weighted by molar-refractivity contribution is 6.42. The molecule has 1 aliphatic carbocycles. The number of rotatable bonds is 5. The van der Waals surface area contributed by atoms with Crippen LogP contribution >= 0.6 is 23.2 Å². The number of benzene rings is 1. The molecule has 1 saturated carbocycles. The lowest BCUT2D eigenvalue weighted by Gasteiger charge is -2.41. The Morgan fingerprint density at radius 1 is 1.20 bits per heavy atom. The smallest absolute Gasteiger partial charge is 0.0835 e. The third-order valence-corrected chi connectivity index (χ3v) is 4.99. The van der Waals surface area contributed by atoms with Gasteiger partial charge in [-0.05, 0) is 43.9 Å². The second-order valence-corrected chi connectivity index (χ2v) is 6.43. The second-order valence-electron chi connectivity index (χ2n) is 5.62. The van der Waals surface area contributed by atoms with Crippen LogP contribution in [0.5, 0.6) is 0 Å². The van der Waals surface area contributed by atoms with E-state index < -0.39 is 0 Å². The summed E-state index contributed by atoms with van der Waals surface area (Å²) in [5.41, 5.74) is 7.44. The molecule has 0 heterocycles. The van der Waals surface area contributed by atoms with Crippen molar-refractivity contribution in [1.29, 1.82) is 0 Å². The third-order valence-electron chi connectivity index (χ3n) is 4.25. The van der Waals surface area contributed by atoms with Crippen molar-refractivity contribution in [3.8, 4) is 0 Å². The van der Waals surface area contributed by atoms with Crippen LogP contribution in [0.1, 0.15) is 44.6 Å². The van der Waals surface area contributed by atoms with Crippen LogP contribution in [-0.4, -0.2) is 18.2 Å². The van der Waals surface area contributed by atoms with Crippen LogP contribution < -0.4 is 5.73 Å². The van der Waals surface area contributed by atoms with E-state index in [1.54, 1.807) is 0 Å². The van der Waals surface area contributed by atoms with Gasteiger partial charge < -0.3 is 10.5 Å². The molecule has 0 aromatic heterocycles. The highest BCUT2D eigenvalue weighted by atomic mass is 35.5. The molecule has 4 heteroatoms. The second kappa shape index (κ2) is 7.13. The van der Waals surface area contributed by atoms with Gasteiger partial charge in [-0.15, -0.1) is 0 Å². The first-order chi connectivity index (χ1) is 9.57. The molecule has 2 N–H and O–H groups in total.